The molecule has 1 aromatic heterocycles. The second kappa shape index (κ2) is 8.28. The van der Waals surface area contributed by atoms with Gasteiger partial charge in [0.05, 0.1) is 6.04 Å². The first-order valence-electron chi connectivity index (χ1n) is 8.53. The summed E-state index contributed by atoms with van der Waals surface area (Å²) >= 11 is 0. The molecule has 4 heteroatoms. The fourth-order valence-electron chi connectivity index (χ4n) is 3.38. The molecule has 1 saturated heterocycles. The van der Waals surface area contributed by atoms with Crippen LogP contribution in [-0.2, 0) is 4.79 Å². The van der Waals surface area contributed by atoms with E-state index in [2.05, 4.69) is 29.8 Å². The van der Waals surface area contributed by atoms with E-state index in [-0.39, 0.29) is 11.9 Å². The van der Waals surface area contributed by atoms with Gasteiger partial charge in [-0.15, -0.1) is 0 Å². The SMILES string of the molecule is CC[C@H](c1cccnc1)N(C)C(=O)CC1CCN(CC)CC1. The fourth-order valence-corrected chi connectivity index (χ4v) is 3.38. The fraction of sp³-hybridized carbons (Fsp3) is 0.667. The highest BCUT2D eigenvalue weighted by molar-refractivity contribution is 5.76. The molecule has 22 heavy (non-hydrogen) atoms. The number of hydrogen-bond acceptors (Lipinski definition) is 3. The zero-order chi connectivity index (χ0) is 15.9. The highest BCUT2D eigenvalue weighted by Crippen LogP contribution is 2.26. The highest BCUT2D eigenvalue weighted by Gasteiger charge is 2.25. The lowest BCUT2D eigenvalue weighted by Gasteiger charge is -2.33. The number of aromatic nitrogens is 1. The summed E-state index contributed by atoms with van der Waals surface area (Å²) in [7, 11) is 1.94. The average molecular weight is 303 g/mol. The van der Waals surface area contributed by atoms with Crippen LogP contribution in [0.5, 0.6) is 0 Å². The molecule has 0 N–H and O–H groups in total. The van der Waals surface area contributed by atoms with Crippen LogP contribution in [-0.4, -0.2) is 47.4 Å². The van der Waals surface area contributed by atoms with Crippen LogP contribution in [0.4, 0.5) is 0 Å². The minimum Gasteiger partial charge on any atom is -0.339 e. The molecule has 1 atom stereocenters. The van der Waals surface area contributed by atoms with Crippen molar-refractivity contribution in [2.45, 2.75) is 45.6 Å². The predicted molar refractivity (Wildman–Crippen MR) is 89.5 cm³/mol. The van der Waals surface area contributed by atoms with Crippen LogP contribution >= 0.6 is 0 Å². The average Bonchev–Trinajstić information content (AvgIpc) is 2.57. The summed E-state index contributed by atoms with van der Waals surface area (Å²) < 4.78 is 0. The molecule has 1 aliphatic rings. The summed E-state index contributed by atoms with van der Waals surface area (Å²) in [5.74, 6) is 0.815. The Kier molecular flexibility index (Phi) is 6.37. The summed E-state index contributed by atoms with van der Waals surface area (Å²) in [5.41, 5.74) is 1.13. The van der Waals surface area contributed by atoms with Crippen molar-refractivity contribution in [1.29, 1.82) is 0 Å². The predicted octanol–water partition coefficient (Wildman–Crippen LogP) is 3.11. The minimum atomic E-state index is 0.136. The Balaban J connectivity index is 1.91. The van der Waals surface area contributed by atoms with Crippen LogP contribution in [0.1, 0.15) is 51.1 Å². The Bertz CT molecular complexity index is 455. The molecular weight excluding hydrogens is 274 g/mol. The first-order chi connectivity index (χ1) is 10.7. The number of pyridine rings is 1. The molecule has 4 nitrogen and oxygen atoms in total. The summed E-state index contributed by atoms with van der Waals surface area (Å²) in [6, 6.07) is 4.14. The molecule has 0 aliphatic carbocycles. The van der Waals surface area contributed by atoms with Gasteiger partial charge >= 0.3 is 0 Å². The molecular formula is C18H29N3O. The van der Waals surface area contributed by atoms with Crippen molar-refractivity contribution in [1.82, 2.24) is 14.8 Å². The van der Waals surface area contributed by atoms with Gasteiger partial charge in [0, 0.05) is 25.9 Å². The maximum atomic E-state index is 12.6. The van der Waals surface area contributed by atoms with E-state index in [9.17, 15) is 4.79 Å². The van der Waals surface area contributed by atoms with Gasteiger partial charge in [-0.2, -0.15) is 0 Å². The van der Waals surface area contributed by atoms with E-state index in [0.717, 1.165) is 44.5 Å². The van der Waals surface area contributed by atoms with Gasteiger partial charge in [-0.3, -0.25) is 9.78 Å². The third-order valence-corrected chi connectivity index (χ3v) is 4.93. The van der Waals surface area contributed by atoms with Gasteiger partial charge in [0.1, 0.15) is 0 Å². The molecule has 0 aromatic carbocycles. The van der Waals surface area contributed by atoms with Crippen molar-refractivity contribution in [3.8, 4) is 0 Å². The molecule has 2 rings (SSSR count). The van der Waals surface area contributed by atoms with Gasteiger partial charge < -0.3 is 9.80 Å². The Morgan fingerprint density at radius 2 is 2.14 bits per heavy atom. The third-order valence-electron chi connectivity index (χ3n) is 4.93. The molecule has 1 fully saturated rings. The summed E-state index contributed by atoms with van der Waals surface area (Å²) in [4.78, 5) is 21.2. The van der Waals surface area contributed by atoms with Gasteiger partial charge in [-0.05, 0) is 56.4 Å². The third kappa shape index (κ3) is 4.29. The van der Waals surface area contributed by atoms with E-state index in [1.807, 2.05) is 24.2 Å². The lowest BCUT2D eigenvalue weighted by molar-refractivity contribution is -0.133. The van der Waals surface area contributed by atoms with Crippen molar-refractivity contribution in [2.24, 2.45) is 5.92 Å². The largest absolute Gasteiger partial charge is 0.339 e. The summed E-state index contributed by atoms with van der Waals surface area (Å²) in [6.07, 6.45) is 7.55. The van der Waals surface area contributed by atoms with Crippen LogP contribution in [0.25, 0.3) is 0 Å². The van der Waals surface area contributed by atoms with Crippen molar-refractivity contribution in [2.75, 3.05) is 26.7 Å². The van der Waals surface area contributed by atoms with Crippen LogP contribution in [0.15, 0.2) is 24.5 Å². The van der Waals surface area contributed by atoms with E-state index in [1.165, 1.54) is 0 Å². The van der Waals surface area contributed by atoms with Gasteiger partial charge in [-0.25, -0.2) is 0 Å². The van der Waals surface area contributed by atoms with Gasteiger partial charge in [0.25, 0.3) is 0 Å². The van der Waals surface area contributed by atoms with Crippen molar-refractivity contribution < 1.29 is 4.79 Å². The number of hydrogen-bond donors (Lipinski definition) is 0. The van der Waals surface area contributed by atoms with E-state index >= 15 is 0 Å². The molecule has 0 unspecified atom stereocenters. The van der Waals surface area contributed by atoms with Crippen molar-refractivity contribution >= 4 is 5.91 Å². The Hall–Kier alpha value is -1.42. The number of likely N-dealkylation sites (tertiary alicyclic amines) is 1. The Morgan fingerprint density at radius 1 is 1.41 bits per heavy atom. The minimum absolute atomic E-state index is 0.136. The summed E-state index contributed by atoms with van der Waals surface area (Å²) in [6.45, 7) is 7.73. The van der Waals surface area contributed by atoms with Gasteiger partial charge in [0.15, 0.2) is 0 Å². The molecule has 0 bridgehead atoms. The van der Waals surface area contributed by atoms with E-state index in [0.29, 0.717) is 12.3 Å². The molecule has 1 aromatic rings. The molecule has 0 saturated carbocycles. The maximum absolute atomic E-state index is 12.6. The number of carbonyl (C=O) groups is 1. The molecule has 0 radical (unpaired) electrons. The monoisotopic (exact) mass is 303 g/mol. The second-order valence-electron chi connectivity index (χ2n) is 6.30. The van der Waals surface area contributed by atoms with Crippen LogP contribution < -0.4 is 0 Å². The molecule has 2 heterocycles. The first kappa shape index (κ1) is 16.9. The van der Waals surface area contributed by atoms with Crippen molar-refractivity contribution in [3.63, 3.8) is 0 Å². The smallest absolute Gasteiger partial charge is 0.223 e. The van der Waals surface area contributed by atoms with Crippen LogP contribution in [0.2, 0.25) is 0 Å². The van der Waals surface area contributed by atoms with Crippen LogP contribution in [0, 0.1) is 5.92 Å². The zero-order valence-corrected chi connectivity index (χ0v) is 14.2. The van der Waals surface area contributed by atoms with Crippen molar-refractivity contribution in [3.05, 3.63) is 30.1 Å². The van der Waals surface area contributed by atoms with Crippen LogP contribution in [0.3, 0.4) is 0 Å². The molecule has 0 spiro atoms. The molecule has 122 valence electrons. The molecule has 1 aliphatic heterocycles. The zero-order valence-electron chi connectivity index (χ0n) is 14.2. The first-order valence-corrected chi connectivity index (χ1v) is 8.53. The number of piperidine rings is 1. The van der Waals surface area contributed by atoms with Gasteiger partial charge in [0.2, 0.25) is 5.91 Å². The normalized spacial score (nSPS) is 18.1. The van der Waals surface area contributed by atoms with Gasteiger partial charge in [-0.1, -0.05) is 19.9 Å². The summed E-state index contributed by atoms with van der Waals surface area (Å²) in [5, 5.41) is 0. The maximum Gasteiger partial charge on any atom is 0.223 e. The quantitative estimate of drug-likeness (QED) is 0.810. The molecule has 1 amide bonds. The Labute approximate surface area is 134 Å². The standard InChI is InChI=1S/C18H29N3O/c1-4-17(16-7-6-10-19-14-16)20(3)18(22)13-15-8-11-21(5-2)12-9-15/h6-7,10,14-15,17H,4-5,8-9,11-13H2,1-3H3/t17-/m1/s1. The number of nitrogens with zero attached hydrogens (tertiary/aromatic N) is 3. The lowest BCUT2D eigenvalue weighted by atomic mass is 9.92. The van der Waals surface area contributed by atoms with E-state index < -0.39 is 0 Å². The number of carbonyl (C=O) groups excluding carboxylic acids is 1. The topological polar surface area (TPSA) is 36.4 Å². The lowest BCUT2D eigenvalue weighted by Crippen LogP contribution is -2.37. The number of amides is 1. The van der Waals surface area contributed by atoms with E-state index in [4.69, 9.17) is 0 Å². The highest BCUT2D eigenvalue weighted by atomic mass is 16.2. The second-order valence-corrected chi connectivity index (χ2v) is 6.30. The Morgan fingerprint density at radius 3 is 2.68 bits per heavy atom. The van der Waals surface area contributed by atoms with E-state index in [1.54, 1.807) is 6.20 Å². The number of rotatable bonds is 6.